The smallest absolute Gasteiger partial charge is 0.136 e. The Bertz CT molecular complexity index is 834. The van der Waals surface area contributed by atoms with Crippen LogP contribution in [0.1, 0.15) is 113 Å². The quantitative estimate of drug-likeness (QED) is 0.478. The second kappa shape index (κ2) is 7.09. The maximum atomic E-state index is 12.7. The maximum Gasteiger partial charge on any atom is 0.136 e. The molecule has 2 N–H and O–H groups in total. The highest BCUT2D eigenvalue weighted by Gasteiger charge is 2.73. The molecule has 0 spiro atoms. The number of ketones is 1. The van der Waals surface area contributed by atoms with Crippen molar-refractivity contribution in [3.63, 3.8) is 0 Å². The van der Waals surface area contributed by atoms with Gasteiger partial charge in [0.05, 0.1) is 12.7 Å². The molecule has 0 amide bonds. The van der Waals surface area contributed by atoms with Crippen molar-refractivity contribution in [2.75, 3.05) is 6.61 Å². The average Bonchev–Trinajstić information content (AvgIpc) is 2.73. The number of Topliss-reactive ketones (excluding diaryl/α,β-unsaturated/α-hetero) is 1. The molecule has 5 fully saturated rings. The second-order valence-corrected chi connectivity index (χ2v) is 15.2. The van der Waals surface area contributed by atoms with E-state index in [4.69, 9.17) is 0 Å². The average molecular weight is 459 g/mol. The maximum absolute atomic E-state index is 12.7. The summed E-state index contributed by atoms with van der Waals surface area (Å²) in [6.45, 7) is 17.2. The topological polar surface area (TPSA) is 57.5 Å². The molecule has 33 heavy (non-hydrogen) atoms. The van der Waals surface area contributed by atoms with Crippen LogP contribution < -0.4 is 0 Å². The lowest BCUT2D eigenvalue weighted by Crippen LogP contribution is -2.71. The first kappa shape index (κ1) is 24.3. The van der Waals surface area contributed by atoms with Crippen LogP contribution in [-0.2, 0) is 4.79 Å². The molecule has 3 nitrogen and oxygen atoms in total. The predicted octanol–water partition coefficient (Wildman–Crippen LogP) is 6.40. The van der Waals surface area contributed by atoms with E-state index in [2.05, 4.69) is 48.5 Å². The zero-order valence-corrected chi connectivity index (χ0v) is 22.5. The van der Waals surface area contributed by atoms with Gasteiger partial charge >= 0.3 is 0 Å². The molecule has 0 aromatic heterocycles. The second-order valence-electron chi connectivity index (χ2n) is 15.2. The van der Waals surface area contributed by atoms with Gasteiger partial charge in [-0.15, -0.1) is 0 Å². The SMILES string of the molecule is C[C@H]1C(=O)CCC2[C@]3(C)CC[C@@]4(C)[C@@H]5CC(C)(C)CC[C@]5(CO)[C@H](O)C[C@]4(C)C3CC[C@@]21C. The van der Waals surface area contributed by atoms with E-state index in [0.717, 1.165) is 44.9 Å². The Balaban J connectivity index is 1.58. The summed E-state index contributed by atoms with van der Waals surface area (Å²) < 4.78 is 0. The van der Waals surface area contributed by atoms with Gasteiger partial charge < -0.3 is 10.2 Å². The largest absolute Gasteiger partial charge is 0.396 e. The van der Waals surface area contributed by atoms with E-state index in [1.807, 2.05) is 0 Å². The van der Waals surface area contributed by atoms with E-state index in [1.165, 1.54) is 19.3 Å². The van der Waals surface area contributed by atoms with Crippen LogP contribution in [0.3, 0.4) is 0 Å². The summed E-state index contributed by atoms with van der Waals surface area (Å²) in [5.41, 5.74) is 0.518. The molecule has 5 saturated carbocycles. The van der Waals surface area contributed by atoms with Crippen LogP contribution in [0.15, 0.2) is 0 Å². The Kier molecular flexibility index (Phi) is 5.22. The Morgan fingerprint density at radius 2 is 1.48 bits per heavy atom. The summed E-state index contributed by atoms with van der Waals surface area (Å²) in [6.07, 6.45) is 10.2. The van der Waals surface area contributed by atoms with Crippen LogP contribution in [0.5, 0.6) is 0 Å². The number of rotatable bonds is 1. The Morgan fingerprint density at radius 3 is 2.15 bits per heavy atom. The normalized spacial score (nSPS) is 58.0. The van der Waals surface area contributed by atoms with Gasteiger partial charge in [0, 0.05) is 17.8 Å². The minimum absolute atomic E-state index is 0.0716. The first-order valence-corrected chi connectivity index (χ1v) is 14.0. The molecule has 10 atom stereocenters. The number of aliphatic hydroxyl groups excluding tert-OH is 2. The lowest BCUT2D eigenvalue weighted by Gasteiger charge is -2.75. The summed E-state index contributed by atoms with van der Waals surface area (Å²) in [5.74, 6) is 2.21. The van der Waals surface area contributed by atoms with Crippen LogP contribution in [0.25, 0.3) is 0 Å². The molecule has 0 heterocycles. The Labute approximate surface area is 202 Å². The third-order valence-electron chi connectivity index (χ3n) is 13.8. The number of hydrogen-bond acceptors (Lipinski definition) is 3. The van der Waals surface area contributed by atoms with Gasteiger partial charge in [-0.25, -0.2) is 0 Å². The van der Waals surface area contributed by atoms with E-state index in [1.54, 1.807) is 0 Å². The van der Waals surface area contributed by atoms with E-state index < -0.39 is 6.10 Å². The summed E-state index contributed by atoms with van der Waals surface area (Å²) in [6, 6.07) is 0. The van der Waals surface area contributed by atoms with Crippen molar-refractivity contribution in [1.82, 2.24) is 0 Å². The molecule has 5 rings (SSSR count). The molecule has 0 aromatic rings. The lowest BCUT2D eigenvalue weighted by molar-refractivity contribution is -0.289. The van der Waals surface area contributed by atoms with Gasteiger partial charge in [-0.1, -0.05) is 48.5 Å². The van der Waals surface area contributed by atoms with Crippen molar-refractivity contribution >= 4 is 5.78 Å². The molecule has 188 valence electrons. The molecule has 2 unspecified atom stereocenters. The van der Waals surface area contributed by atoms with E-state index >= 15 is 0 Å². The molecule has 0 aromatic carbocycles. The first-order chi connectivity index (χ1) is 15.2. The fourth-order valence-corrected chi connectivity index (χ4v) is 11.3. The lowest BCUT2D eigenvalue weighted by atomic mass is 9.29. The van der Waals surface area contributed by atoms with Crippen molar-refractivity contribution in [2.24, 2.45) is 56.2 Å². The highest BCUT2D eigenvalue weighted by Crippen LogP contribution is 2.78. The molecular weight excluding hydrogens is 408 g/mol. The predicted molar refractivity (Wildman–Crippen MR) is 133 cm³/mol. The molecule has 0 radical (unpaired) electrons. The van der Waals surface area contributed by atoms with Gasteiger partial charge in [0.15, 0.2) is 0 Å². The van der Waals surface area contributed by atoms with E-state index in [-0.39, 0.29) is 45.0 Å². The monoisotopic (exact) mass is 458 g/mol. The van der Waals surface area contributed by atoms with Gasteiger partial charge in [-0.3, -0.25) is 4.79 Å². The highest BCUT2D eigenvalue weighted by molar-refractivity contribution is 5.82. The molecule has 0 saturated heterocycles. The standard InChI is InChI=1S/C30H50O3/c1-19-20(32)8-9-21-26(19,4)11-10-22-27(21,5)13-14-28(6)23-16-25(2,3)12-15-30(23,18-31)24(33)17-29(22,28)7/h19,21-24,31,33H,8-18H2,1-7H3/t19-,21?,22?,23-,24+,26+,27-,28-,29+,30+/m0/s1. The summed E-state index contributed by atoms with van der Waals surface area (Å²) >= 11 is 0. The Morgan fingerprint density at radius 1 is 0.788 bits per heavy atom. The first-order valence-electron chi connectivity index (χ1n) is 14.0. The van der Waals surface area contributed by atoms with E-state index in [9.17, 15) is 15.0 Å². The highest BCUT2D eigenvalue weighted by atomic mass is 16.3. The van der Waals surface area contributed by atoms with Crippen LogP contribution >= 0.6 is 0 Å². The van der Waals surface area contributed by atoms with Crippen LogP contribution in [0, 0.1) is 56.2 Å². The van der Waals surface area contributed by atoms with Gasteiger partial charge in [-0.05, 0) is 103 Å². The van der Waals surface area contributed by atoms with Gasteiger partial charge in [0.2, 0.25) is 0 Å². The third kappa shape index (κ3) is 2.85. The minimum Gasteiger partial charge on any atom is -0.396 e. The zero-order chi connectivity index (χ0) is 24.2. The number of fused-ring (bicyclic) bond motifs is 7. The number of hydrogen-bond donors (Lipinski definition) is 2. The summed E-state index contributed by atoms with van der Waals surface area (Å²) in [7, 11) is 0. The molecule has 3 heteroatoms. The van der Waals surface area contributed by atoms with Crippen LogP contribution in [-0.4, -0.2) is 28.7 Å². The van der Waals surface area contributed by atoms with E-state index in [0.29, 0.717) is 23.5 Å². The van der Waals surface area contributed by atoms with Crippen LogP contribution in [0.2, 0.25) is 0 Å². The summed E-state index contributed by atoms with van der Waals surface area (Å²) in [5, 5.41) is 22.5. The van der Waals surface area contributed by atoms with Crippen molar-refractivity contribution < 1.29 is 15.0 Å². The fraction of sp³-hybridized carbons (Fsp3) is 0.967. The van der Waals surface area contributed by atoms with Crippen molar-refractivity contribution in [1.29, 1.82) is 0 Å². The van der Waals surface area contributed by atoms with Crippen molar-refractivity contribution in [3.8, 4) is 0 Å². The number of carbonyl (C=O) groups excluding carboxylic acids is 1. The molecular formula is C30H50O3. The molecule has 5 aliphatic carbocycles. The van der Waals surface area contributed by atoms with Crippen molar-refractivity contribution in [3.05, 3.63) is 0 Å². The van der Waals surface area contributed by atoms with Gasteiger partial charge in [-0.2, -0.15) is 0 Å². The minimum atomic E-state index is -0.413. The third-order valence-corrected chi connectivity index (χ3v) is 13.8. The fourth-order valence-electron chi connectivity index (χ4n) is 11.3. The summed E-state index contributed by atoms with van der Waals surface area (Å²) in [4.78, 5) is 12.7. The zero-order valence-electron chi connectivity index (χ0n) is 22.5. The molecule has 0 aliphatic heterocycles. The van der Waals surface area contributed by atoms with Crippen LogP contribution in [0.4, 0.5) is 0 Å². The van der Waals surface area contributed by atoms with Gasteiger partial charge in [0.1, 0.15) is 5.78 Å². The van der Waals surface area contributed by atoms with Gasteiger partial charge in [0.25, 0.3) is 0 Å². The Hall–Kier alpha value is -0.410. The molecule has 0 bridgehead atoms. The number of carbonyl (C=O) groups is 1. The molecule has 5 aliphatic rings. The number of aliphatic hydroxyl groups is 2. The van der Waals surface area contributed by atoms with Crippen molar-refractivity contribution in [2.45, 2.75) is 119 Å².